The van der Waals surface area contributed by atoms with Crippen molar-refractivity contribution < 1.29 is 14.3 Å². The number of ether oxygens (including phenoxy) is 1. The topological polar surface area (TPSA) is 55.4 Å². The van der Waals surface area contributed by atoms with Crippen molar-refractivity contribution in [3.8, 4) is 5.75 Å². The van der Waals surface area contributed by atoms with Crippen molar-refractivity contribution in [3.63, 3.8) is 0 Å². The Labute approximate surface area is 165 Å². The van der Waals surface area contributed by atoms with Gasteiger partial charge < -0.3 is 10.1 Å². The van der Waals surface area contributed by atoms with Gasteiger partial charge >= 0.3 is 0 Å². The Bertz CT molecular complexity index is 854. The average molecular weight is 373 g/mol. The molecule has 0 atom stereocenters. The van der Waals surface area contributed by atoms with Gasteiger partial charge in [-0.1, -0.05) is 72.8 Å². The van der Waals surface area contributed by atoms with E-state index in [-0.39, 0.29) is 18.4 Å². The van der Waals surface area contributed by atoms with Crippen LogP contribution >= 0.6 is 0 Å². The zero-order valence-corrected chi connectivity index (χ0v) is 15.6. The molecule has 142 valence electrons. The summed E-state index contributed by atoms with van der Waals surface area (Å²) >= 11 is 0. The van der Waals surface area contributed by atoms with Gasteiger partial charge in [-0.3, -0.25) is 9.59 Å². The van der Waals surface area contributed by atoms with E-state index in [0.717, 1.165) is 12.7 Å². The van der Waals surface area contributed by atoms with Crippen molar-refractivity contribution in [2.45, 2.75) is 12.3 Å². The molecule has 3 rings (SSSR count). The third kappa shape index (κ3) is 5.55. The van der Waals surface area contributed by atoms with Crippen molar-refractivity contribution in [2.75, 3.05) is 13.2 Å². The van der Waals surface area contributed by atoms with Crippen molar-refractivity contribution >= 4 is 12.2 Å². The van der Waals surface area contributed by atoms with E-state index in [9.17, 15) is 9.59 Å². The van der Waals surface area contributed by atoms with Crippen LogP contribution in [0.1, 0.15) is 33.8 Å². The number of aldehydes is 1. The SMILES string of the molecule is O=Cc1cccc(OCC(=O)NCCC(c2ccccc2)c2ccccc2)c1. The van der Waals surface area contributed by atoms with E-state index in [1.54, 1.807) is 24.3 Å². The maximum Gasteiger partial charge on any atom is 0.257 e. The lowest BCUT2D eigenvalue weighted by atomic mass is 9.88. The van der Waals surface area contributed by atoms with Gasteiger partial charge in [-0.05, 0) is 29.7 Å². The summed E-state index contributed by atoms with van der Waals surface area (Å²) in [5.74, 6) is 0.537. The van der Waals surface area contributed by atoms with Crippen LogP contribution in [0.2, 0.25) is 0 Å². The molecule has 1 N–H and O–H groups in total. The number of benzene rings is 3. The minimum atomic E-state index is -0.184. The molecule has 0 aromatic heterocycles. The van der Waals surface area contributed by atoms with Gasteiger partial charge in [0.25, 0.3) is 5.91 Å². The van der Waals surface area contributed by atoms with Crippen LogP contribution in [0.4, 0.5) is 0 Å². The Kier molecular flexibility index (Phi) is 6.96. The van der Waals surface area contributed by atoms with E-state index in [4.69, 9.17) is 4.74 Å². The first-order valence-corrected chi connectivity index (χ1v) is 9.31. The molecule has 1 amide bonds. The summed E-state index contributed by atoms with van der Waals surface area (Å²) in [5.41, 5.74) is 2.97. The molecule has 0 fully saturated rings. The van der Waals surface area contributed by atoms with Gasteiger partial charge in [0.2, 0.25) is 0 Å². The highest BCUT2D eigenvalue weighted by Gasteiger charge is 2.14. The smallest absolute Gasteiger partial charge is 0.257 e. The monoisotopic (exact) mass is 373 g/mol. The van der Waals surface area contributed by atoms with Crippen LogP contribution < -0.4 is 10.1 Å². The average Bonchev–Trinajstić information content (AvgIpc) is 2.76. The van der Waals surface area contributed by atoms with Crippen LogP contribution in [0.3, 0.4) is 0 Å². The fraction of sp³-hybridized carbons (Fsp3) is 0.167. The first kappa shape index (κ1) is 19.4. The first-order chi connectivity index (χ1) is 13.8. The molecule has 0 bridgehead atoms. The molecule has 28 heavy (non-hydrogen) atoms. The lowest BCUT2D eigenvalue weighted by Crippen LogP contribution is -2.30. The van der Waals surface area contributed by atoms with E-state index in [1.165, 1.54) is 11.1 Å². The zero-order valence-electron chi connectivity index (χ0n) is 15.6. The van der Waals surface area contributed by atoms with E-state index >= 15 is 0 Å². The second-order valence-corrected chi connectivity index (χ2v) is 6.49. The summed E-state index contributed by atoms with van der Waals surface area (Å²) in [7, 11) is 0. The van der Waals surface area contributed by atoms with Crippen LogP contribution in [-0.4, -0.2) is 25.3 Å². The third-order valence-electron chi connectivity index (χ3n) is 4.52. The molecule has 0 aliphatic heterocycles. The van der Waals surface area contributed by atoms with Gasteiger partial charge in [0, 0.05) is 18.0 Å². The summed E-state index contributed by atoms with van der Waals surface area (Å²) in [6.45, 7) is 0.467. The maximum absolute atomic E-state index is 12.1. The van der Waals surface area contributed by atoms with Crippen molar-refractivity contribution in [3.05, 3.63) is 102 Å². The summed E-state index contributed by atoms with van der Waals surface area (Å²) in [4.78, 5) is 22.9. The molecule has 0 saturated heterocycles. The lowest BCUT2D eigenvalue weighted by molar-refractivity contribution is -0.123. The van der Waals surface area contributed by atoms with E-state index < -0.39 is 0 Å². The van der Waals surface area contributed by atoms with Crippen molar-refractivity contribution in [1.82, 2.24) is 5.32 Å². The number of hydrogen-bond donors (Lipinski definition) is 1. The maximum atomic E-state index is 12.1. The Hall–Kier alpha value is -3.40. The van der Waals surface area contributed by atoms with Crippen LogP contribution in [0.15, 0.2) is 84.9 Å². The van der Waals surface area contributed by atoms with Gasteiger partial charge in [0.15, 0.2) is 6.61 Å². The van der Waals surface area contributed by atoms with Crippen LogP contribution in [-0.2, 0) is 4.79 Å². The molecule has 0 aliphatic carbocycles. The van der Waals surface area contributed by atoms with Crippen LogP contribution in [0, 0.1) is 0 Å². The third-order valence-corrected chi connectivity index (χ3v) is 4.52. The summed E-state index contributed by atoms with van der Waals surface area (Å²) < 4.78 is 5.47. The number of rotatable bonds is 9. The van der Waals surface area contributed by atoms with Crippen molar-refractivity contribution in [1.29, 1.82) is 0 Å². The van der Waals surface area contributed by atoms with Crippen molar-refractivity contribution in [2.24, 2.45) is 0 Å². The molecule has 4 heteroatoms. The molecule has 0 unspecified atom stereocenters. The molecular formula is C24H23NO3. The van der Waals surface area contributed by atoms with Crippen LogP contribution in [0.5, 0.6) is 5.75 Å². The lowest BCUT2D eigenvalue weighted by Gasteiger charge is -2.18. The predicted molar refractivity (Wildman–Crippen MR) is 110 cm³/mol. The Balaban J connectivity index is 1.53. The molecule has 0 radical (unpaired) electrons. The summed E-state index contributed by atoms with van der Waals surface area (Å²) in [6.07, 6.45) is 1.54. The molecule has 0 spiro atoms. The molecule has 4 nitrogen and oxygen atoms in total. The molecule has 0 saturated carbocycles. The number of carbonyl (C=O) groups excluding carboxylic acids is 2. The summed E-state index contributed by atoms with van der Waals surface area (Å²) in [5, 5.41) is 2.92. The highest BCUT2D eigenvalue weighted by atomic mass is 16.5. The zero-order chi connectivity index (χ0) is 19.6. The Morgan fingerprint density at radius 3 is 2.14 bits per heavy atom. The van der Waals surface area contributed by atoms with E-state index in [2.05, 4.69) is 29.6 Å². The number of hydrogen-bond acceptors (Lipinski definition) is 3. The fourth-order valence-electron chi connectivity index (χ4n) is 3.13. The highest BCUT2D eigenvalue weighted by Crippen LogP contribution is 2.27. The predicted octanol–water partition coefficient (Wildman–Crippen LogP) is 4.22. The van der Waals surface area contributed by atoms with Gasteiger partial charge in [0.1, 0.15) is 12.0 Å². The van der Waals surface area contributed by atoms with Gasteiger partial charge in [-0.15, -0.1) is 0 Å². The first-order valence-electron chi connectivity index (χ1n) is 9.31. The second-order valence-electron chi connectivity index (χ2n) is 6.49. The van der Waals surface area contributed by atoms with Gasteiger partial charge in [-0.2, -0.15) is 0 Å². The largest absolute Gasteiger partial charge is 0.484 e. The summed E-state index contributed by atoms with van der Waals surface area (Å²) in [6, 6.07) is 27.3. The van der Waals surface area contributed by atoms with E-state index in [0.29, 0.717) is 17.9 Å². The molecular weight excluding hydrogens is 350 g/mol. The quantitative estimate of drug-likeness (QED) is 0.572. The van der Waals surface area contributed by atoms with Crippen LogP contribution in [0.25, 0.3) is 0 Å². The fourth-order valence-corrected chi connectivity index (χ4v) is 3.13. The van der Waals surface area contributed by atoms with Gasteiger partial charge in [-0.25, -0.2) is 0 Å². The minimum absolute atomic E-state index is 0.0797. The minimum Gasteiger partial charge on any atom is -0.484 e. The Morgan fingerprint density at radius 1 is 0.893 bits per heavy atom. The second kappa shape index (κ2) is 10.1. The molecule has 3 aromatic rings. The number of nitrogens with one attached hydrogen (secondary N) is 1. The molecule has 3 aromatic carbocycles. The Morgan fingerprint density at radius 2 is 1.54 bits per heavy atom. The van der Waals surface area contributed by atoms with E-state index in [1.807, 2.05) is 36.4 Å². The molecule has 0 heterocycles. The normalized spacial score (nSPS) is 10.5. The number of carbonyl (C=O) groups is 2. The highest BCUT2D eigenvalue weighted by molar-refractivity contribution is 5.78. The standard InChI is InChI=1S/C24H23NO3/c26-17-19-8-7-13-22(16-19)28-18-24(27)25-15-14-23(20-9-3-1-4-10-20)21-11-5-2-6-12-21/h1-13,16-17,23H,14-15,18H2,(H,25,27). The van der Waals surface area contributed by atoms with Gasteiger partial charge in [0.05, 0.1) is 0 Å². The molecule has 0 aliphatic rings. The number of amides is 1.